The average Bonchev–Trinajstić information content (AvgIpc) is 3.33. The maximum Gasteiger partial charge on any atom is 0.407 e. The van der Waals surface area contributed by atoms with Crippen LogP contribution in [-0.2, 0) is 27.3 Å². The maximum absolute atomic E-state index is 11.6. The highest BCUT2D eigenvalue weighted by molar-refractivity contribution is 5.67. The molecule has 37 heavy (non-hydrogen) atoms. The Labute approximate surface area is 222 Å². The summed E-state index contributed by atoms with van der Waals surface area (Å²) in [5, 5.41) is 2.77. The number of nitrogens with zero attached hydrogens (tertiary/aromatic N) is 2. The highest BCUT2D eigenvalue weighted by Gasteiger charge is 2.16. The quantitative estimate of drug-likeness (QED) is 0.617. The van der Waals surface area contributed by atoms with Gasteiger partial charge < -0.3 is 35.1 Å². The second-order valence-corrected chi connectivity index (χ2v) is 10.3. The minimum atomic E-state index is -0.469. The Morgan fingerprint density at radius 1 is 0.811 bits per heavy atom. The number of anilines is 2. The summed E-state index contributed by atoms with van der Waals surface area (Å²) in [6, 6.07) is 16.8. The normalized spacial score (nSPS) is 16.6. The van der Waals surface area contributed by atoms with Crippen molar-refractivity contribution in [2.75, 3.05) is 62.4 Å². The van der Waals surface area contributed by atoms with E-state index < -0.39 is 5.60 Å². The van der Waals surface area contributed by atoms with E-state index in [-0.39, 0.29) is 6.09 Å². The van der Waals surface area contributed by atoms with Crippen molar-refractivity contribution in [3.63, 3.8) is 0 Å². The molecule has 2 aromatic rings. The molecule has 2 fully saturated rings. The largest absolute Gasteiger partial charge is 0.444 e. The van der Waals surface area contributed by atoms with Gasteiger partial charge in [0.25, 0.3) is 0 Å². The fourth-order valence-electron chi connectivity index (χ4n) is 4.16. The zero-order valence-electron chi connectivity index (χ0n) is 22.7. The Bertz CT molecular complexity index is 912. The lowest BCUT2D eigenvalue weighted by molar-refractivity contribution is 0.0523. The third-order valence-electron chi connectivity index (χ3n) is 6.12. The Morgan fingerprint density at radius 2 is 1.30 bits per heavy atom. The zero-order chi connectivity index (χ0) is 26.5. The van der Waals surface area contributed by atoms with Crippen molar-refractivity contribution in [2.24, 2.45) is 5.73 Å². The van der Waals surface area contributed by atoms with Crippen molar-refractivity contribution >= 4 is 17.5 Å². The predicted octanol–water partition coefficient (Wildman–Crippen LogP) is 4.31. The molecule has 0 aromatic heterocycles. The van der Waals surface area contributed by atoms with E-state index in [2.05, 4.69) is 51.5 Å². The van der Waals surface area contributed by atoms with Crippen LogP contribution in [0.1, 0.15) is 44.7 Å². The summed E-state index contributed by atoms with van der Waals surface area (Å²) in [4.78, 5) is 16.3. The molecule has 2 aliphatic rings. The van der Waals surface area contributed by atoms with Crippen LogP contribution in [0.4, 0.5) is 16.2 Å². The van der Waals surface area contributed by atoms with Crippen LogP contribution in [0.2, 0.25) is 0 Å². The van der Waals surface area contributed by atoms with Gasteiger partial charge in [0, 0.05) is 63.9 Å². The van der Waals surface area contributed by atoms with E-state index in [1.165, 1.54) is 16.9 Å². The van der Waals surface area contributed by atoms with Crippen LogP contribution in [0.5, 0.6) is 0 Å². The molecular formula is C29H44N4O4. The number of amides is 1. The first kappa shape index (κ1) is 28.8. The first-order valence-corrected chi connectivity index (χ1v) is 13.3. The van der Waals surface area contributed by atoms with Crippen molar-refractivity contribution in [3.05, 3.63) is 59.7 Å². The number of nitrogens with two attached hydrogens (primary N) is 1. The summed E-state index contributed by atoms with van der Waals surface area (Å²) < 4.78 is 16.1. The molecule has 0 unspecified atom stereocenters. The van der Waals surface area contributed by atoms with Crippen LogP contribution in [0.3, 0.4) is 0 Å². The third-order valence-corrected chi connectivity index (χ3v) is 6.12. The number of ether oxygens (including phenoxy) is 3. The molecule has 204 valence electrons. The first-order chi connectivity index (χ1) is 17.8. The van der Waals surface area contributed by atoms with Gasteiger partial charge in [0.1, 0.15) is 5.60 Å². The predicted molar refractivity (Wildman–Crippen MR) is 149 cm³/mol. The lowest BCUT2D eigenvalue weighted by atomic mass is 10.2. The van der Waals surface area contributed by atoms with Crippen LogP contribution < -0.4 is 20.9 Å². The van der Waals surface area contributed by atoms with E-state index >= 15 is 0 Å². The fraction of sp³-hybridized carbons (Fsp3) is 0.552. The van der Waals surface area contributed by atoms with E-state index in [1.807, 2.05) is 32.9 Å². The Morgan fingerprint density at radius 3 is 1.76 bits per heavy atom. The highest BCUT2D eigenvalue weighted by atomic mass is 16.6. The minimum Gasteiger partial charge on any atom is -0.444 e. The number of benzene rings is 2. The molecule has 0 spiro atoms. The van der Waals surface area contributed by atoms with E-state index in [4.69, 9.17) is 19.9 Å². The molecule has 3 N–H and O–H groups in total. The summed E-state index contributed by atoms with van der Waals surface area (Å²) in [5.74, 6) is 0. The van der Waals surface area contributed by atoms with Crippen LogP contribution >= 0.6 is 0 Å². The Balaban J connectivity index is 0.000000220. The molecule has 0 saturated carbocycles. The molecule has 8 nitrogen and oxygen atoms in total. The van der Waals surface area contributed by atoms with Crippen LogP contribution in [-0.4, -0.2) is 64.3 Å². The van der Waals surface area contributed by atoms with Gasteiger partial charge in [0.05, 0.1) is 13.2 Å². The summed E-state index contributed by atoms with van der Waals surface area (Å²) in [6.07, 6.45) is 1.78. The number of alkyl carbamates (subject to hydrolysis) is 1. The molecule has 2 aliphatic heterocycles. The monoisotopic (exact) mass is 512 g/mol. The van der Waals surface area contributed by atoms with E-state index in [9.17, 15) is 4.79 Å². The number of carbonyl (C=O) groups excluding carboxylic acids is 1. The average molecular weight is 513 g/mol. The minimum absolute atomic E-state index is 0.388. The maximum atomic E-state index is 11.6. The van der Waals surface area contributed by atoms with E-state index in [1.54, 1.807) is 0 Å². The number of carbonyl (C=O) groups is 1. The van der Waals surface area contributed by atoms with Gasteiger partial charge in [-0.2, -0.15) is 0 Å². The van der Waals surface area contributed by atoms with Gasteiger partial charge in [-0.3, -0.25) is 0 Å². The van der Waals surface area contributed by atoms with Gasteiger partial charge in [0.15, 0.2) is 0 Å². The van der Waals surface area contributed by atoms with Gasteiger partial charge in [-0.05, 0) is 69.0 Å². The lowest BCUT2D eigenvalue weighted by Gasteiger charge is -2.22. The van der Waals surface area contributed by atoms with Gasteiger partial charge >= 0.3 is 6.09 Å². The van der Waals surface area contributed by atoms with Crippen LogP contribution in [0, 0.1) is 0 Å². The van der Waals surface area contributed by atoms with Gasteiger partial charge in [0.2, 0.25) is 0 Å². The molecule has 2 saturated heterocycles. The van der Waals surface area contributed by atoms with Crippen LogP contribution in [0.15, 0.2) is 48.5 Å². The van der Waals surface area contributed by atoms with Crippen molar-refractivity contribution in [1.29, 1.82) is 0 Å². The molecule has 4 rings (SSSR count). The molecule has 1 amide bonds. The Kier molecular flexibility index (Phi) is 11.5. The van der Waals surface area contributed by atoms with Crippen LogP contribution in [0.25, 0.3) is 0 Å². The van der Waals surface area contributed by atoms with Crippen molar-refractivity contribution in [1.82, 2.24) is 5.32 Å². The topological polar surface area (TPSA) is 89.3 Å². The number of hydrogen-bond acceptors (Lipinski definition) is 7. The number of hydrogen-bond donors (Lipinski definition) is 2. The summed E-state index contributed by atoms with van der Waals surface area (Å²) >= 11 is 0. The zero-order valence-corrected chi connectivity index (χ0v) is 22.7. The molecule has 0 radical (unpaired) electrons. The van der Waals surface area contributed by atoms with Gasteiger partial charge in [-0.25, -0.2) is 4.79 Å². The van der Waals surface area contributed by atoms with E-state index in [0.717, 1.165) is 71.0 Å². The molecule has 8 heteroatoms. The molecule has 0 aliphatic carbocycles. The van der Waals surface area contributed by atoms with Gasteiger partial charge in [-0.15, -0.1) is 0 Å². The Hall–Kier alpha value is -2.81. The summed E-state index contributed by atoms with van der Waals surface area (Å²) in [7, 11) is 0. The van der Waals surface area contributed by atoms with Crippen molar-refractivity contribution < 1.29 is 19.0 Å². The second-order valence-electron chi connectivity index (χ2n) is 10.3. The molecule has 2 heterocycles. The highest BCUT2D eigenvalue weighted by Crippen LogP contribution is 2.18. The molecular weight excluding hydrogens is 468 g/mol. The molecule has 0 bridgehead atoms. The van der Waals surface area contributed by atoms with Gasteiger partial charge in [-0.1, -0.05) is 24.3 Å². The van der Waals surface area contributed by atoms with Crippen molar-refractivity contribution in [3.8, 4) is 0 Å². The fourth-order valence-corrected chi connectivity index (χ4v) is 4.16. The molecule has 2 aromatic carbocycles. The molecule has 0 atom stereocenters. The lowest BCUT2D eigenvalue weighted by Crippen LogP contribution is -2.32. The second kappa shape index (κ2) is 14.8. The SMILES string of the molecule is CC(C)(C)OC(=O)NCc1ccc(N2CCCOCC2)cc1.NCc1ccc(N2CCCOCC2)cc1. The smallest absolute Gasteiger partial charge is 0.407 e. The number of rotatable bonds is 5. The van der Waals surface area contributed by atoms with Crippen molar-refractivity contribution in [2.45, 2.75) is 52.3 Å². The first-order valence-electron chi connectivity index (χ1n) is 13.3. The summed E-state index contributed by atoms with van der Waals surface area (Å²) in [5.41, 5.74) is 9.82. The number of nitrogens with one attached hydrogen (secondary N) is 1. The third kappa shape index (κ3) is 10.6. The van der Waals surface area contributed by atoms with E-state index in [0.29, 0.717) is 13.1 Å². The summed E-state index contributed by atoms with van der Waals surface area (Å²) in [6.45, 7) is 14.0. The standard InChI is InChI=1S/C17H26N2O3.C12H18N2O/c1-17(2,3)22-16(20)18-13-14-5-7-15(8-6-14)19-9-4-11-21-12-10-19;13-10-11-2-4-12(5-3-11)14-6-1-8-15-9-7-14/h5-8H,4,9-13H2,1-3H3,(H,18,20);2-5H,1,6-10,13H2.